The van der Waals surface area contributed by atoms with E-state index in [1.807, 2.05) is 0 Å². The monoisotopic (exact) mass is 380 g/mol. The first-order chi connectivity index (χ1) is 11.9. The number of fused-ring (bicyclic) bond motifs is 1. The average Bonchev–Trinajstić information content (AvgIpc) is 2.84. The van der Waals surface area contributed by atoms with E-state index in [2.05, 4.69) is 54.6 Å². The summed E-state index contributed by atoms with van der Waals surface area (Å²) >= 11 is 0. The second-order valence-corrected chi connectivity index (χ2v) is 15.9. The lowest BCUT2D eigenvalue weighted by Gasteiger charge is -2.42. The Morgan fingerprint density at radius 2 is 1.85 bits per heavy atom. The summed E-state index contributed by atoms with van der Waals surface area (Å²) in [5.41, 5.74) is 0.290. The van der Waals surface area contributed by atoms with E-state index in [1.165, 1.54) is 32.1 Å². The Morgan fingerprint density at radius 1 is 1.19 bits per heavy atom. The molecule has 3 heteroatoms. The van der Waals surface area contributed by atoms with E-state index in [9.17, 15) is 4.79 Å². The van der Waals surface area contributed by atoms with E-state index in [0.717, 1.165) is 31.1 Å². The first-order valence-electron chi connectivity index (χ1n) is 11.1. The molecule has 2 aliphatic carbocycles. The Kier molecular flexibility index (Phi) is 6.87. The van der Waals surface area contributed by atoms with Gasteiger partial charge in [-0.1, -0.05) is 47.5 Å². The third kappa shape index (κ3) is 4.63. The summed E-state index contributed by atoms with van der Waals surface area (Å²) < 4.78 is 6.52. The molecule has 0 heterocycles. The van der Waals surface area contributed by atoms with E-state index in [0.29, 0.717) is 17.8 Å². The molecule has 0 spiro atoms. The maximum absolute atomic E-state index is 12.4. The molecule has 0 saturated heterocycles. The van der Waals surface area contributed by atoms with Gasteiger partial charge in [0, 0.05) is 18.4 Å². The van der Waals surface area contributed by atoms with Crippen LogP contribution in [0.5, 0.6) is 0 Å². The quantitative estimate of drug-likeness (QED) is 0.445. The van der Waals surface area contributed by atoms with Crippen molar-refractivity contribution in [3.8, 4) is 0 Å². The van der Waals surface area contributed by atoms with E-state index in [1.54, 1.807) is 0 Å². The van der Waals surface area contributed by atoms with Gasteiger partial charge in [0.2, 0.25) is 0 Å². The summed E-state index contributed by atoms with van der Waals surface area (Å²) in [6.07, 6.45) is 9.71. The first kappa shape index (κ1) is 22.1. The minimum atomic E-state index is -1.65. The second kappa shape index (κ2) is 8.07. The highest BCUT2D eigenvalue weighted by Gasteiger charge is 2.52. The zero-order valence-electron chi connectivity index (χ0n) is 18.8. The Bertz CT molecular complexity index is 493. The highest BCUT2D eigenvalue weighted by molar-refractivity contribution is 6.74. The predicted molar refractivity (Wildman–Crippen MR) is 114 cm³/mol. The molecule has 0 bridgehead atoms. The molecule has 2 aliphatic rings. The van der Waals surface area contributed by atoms with Crippen LogP contribution in [0, 0.1) is 23.2 Å². The molecule has 0 radical (unpaired) electrons. The third-order valence-corrected chi connectivity index (χ3v) is 12.8. The fraction of sp³-hybridized carbons (Fsp3) is 0.957. The van der Waals surface area contributed by atoms with E-state index < -0.39 is 8.32 Å². The lowest BCUT2D eigenvalue weighted by atomic mass is 9.62. The molecule has 2 nitrogen and oxygen atoms in total. The van der Waals surface area contributed by atoms with Gasteiger partial charge in [-0.15, -0.1) is 0 Å². The molecular formula is C23H44O2Si. The maximum Gasteiger partial charge on any atom is 0.192 e. The smallest absolute Gasteiger partial charge is 0.192 e. The molecule has 2 rings (SSSR count). The highest BCUT2D eigenvalue weighted by Crippen LogP contribution is 2.57. The highest BCUT2D eigenvalue weighted by atomic mass is 28.4. The number of hydrogen-bond donors (Lipinski definition) is 0. The van der Waals surface area contributed by atoms with Gasteiger partial charge in [-0.3, -0.25) is 4.79 Å². The van der Waals surface area contributed by atoms with Gasteiger partial charge in [-0.05, 0) is 74.4 Å². The van der Waals surface area contributed by atoms with E-state index >= 15 is 0 Å². The minimum Gasteiger partial charge on any atom is -0.414 e. The topological polar surface area (TPSA) is 26.3 Å². The van der Waals surface area contributed by atoms with E-state index in [-0.39, 0.29) is 10.5 Å². The molecule has 0 aromatic rings. The SMILES string of the molecule is C[C@H](CCC[C@@H](C)[C@H]1CC[C@H]2C(=O)CCC[C@]12C)O[Si](C)(C)C(C)(C)C. The Balaban J connectivity index is 1.82. The van der Waals surface area contributed by atoms with Crippen molar-refractivity contribution in [3.63, 3.8) is 0 Å². The van der Waals surface area contributed by atoms with Crippen LogP contribution in [-0.2, 0) is 9.22 Å². The molecule has 152 valence electrons. The molecule has 0 unspecified atom stereocenters. The minimum absolute atomic E-state index is 0.287. The van der Waals surface area contributed by atoms with Crippen molar-refractivity contribution in [1.82, 2.24) is 0 Å². The normalized spacial score (nSPS) is 32.4. The largest absolute Gasteiger partial charge is 0.414 e. The van der Waals surface area contributed by atoms with Gasteiger partial charge in [-0.2, -0.15) is 0 Å². The molecule has 5 atom stereocenters. The predicted octanol–water partition coefficient (Wildman–Crippen LogP) is 6.99. The second-order valence-electron chi connectivity index (χ2n) is 11.2. The molecule has 0 N–H and O–H groups in total. The molecule has 26 heavy (non-hydrogen) atoms. The van der Waals surface area contributed by atoms with Gasteiger partial charge in [0.1, 0.15) is 5.78 Å². The molecule has 0 aromatic carbocycles. The summed E-state index contributed by atoms with van der Waals surface area (Å²) in [5, 5.41) is 0.287. The Morgan fingerprint density at radius 3 is 2.46 bits per heavy atom. The third-order valence-electron chi connectivity index (χ3n) is 8.20. The van der Waals surface area contributed by atoms with Crippen LogP contribution < -0.4 is 0 Å². The number of hydrogen-bond acceptors (Lipinski definition) is 2. The van der Waals surface area contributed by atoms with Crippen molar-refractivity contribution in [3.05, 3.63) is 0 Å². The van der Waals surface area contributed by atoms with Crippen LogP contribution >= 0.6 is 0 Å². The number of carbonyl (C=O) groups is 1. The van der Waals surface area contributed by atoms with Crippen LogP contribution in [0.2, 0.25) is 18.1 Å². The fourth-order valence-electron chi connectivity index (χ4n) is 5.57. The lowest BCUT2D eigenvalue weighted by molar-refractivity contribution is -0.130. The summed E-state index contributed by atoms with van der Waals surface area (Å²) in [6.45, 7) is 18.8. The number of Topliss-reactive ketones (excluding diaryl/α,β-unsaturated/α-hetero) is 1. The van der Waals surface area contributed by atoms with Gasteiger partial charge in [0.15, 0.2) is 8.32 Å². The molecule has 0 aromatic heterocycles. The van der Waals surface area contributed by atoms with Crippen molar-refractivity contribution in [1.29, 1.82) is 0 Å². The average molecular weight is 381 g/mol. The molecule has 2 fully saturated rings. The van der Waals surface area contributed by atoms with Crippen LogP contribution in [-0.4, -0.2) is 20.2 Å². The van der Waals surface area contributed by atoms with Gasteiger partial charge < -0.3 is 4.43 Å². The van der Waals surface area contributed by atoms with Crippen molar-refractivity contribution < 1.29 is 9.22 Å². The standard InChI is InChI=1S/C23H44O2Si/c1-17(11-9-12-18(2)25-26(7,8)22(3,4)5)19-14-15-20-21(24)13-10-16-23(19,20)6/h17-20H,9-16H2,1-8H3/t17-,18-,19-,20+,23-/m1/s1. The summed E-state index contributed by atoms with van der Waals surface area (Å²) in [4.78, 5) is 12.4. The lowest BCUT2D eigenvalue weighted by Crippen LogP contribution is -2.43. The summed E-state index contributed by atoms with van der Waals surface area (Å²) in [5.74, 6) is 2.40. The number of rotatable bonds is 7. The van der Waals surface area contributed by atoms with Gasteiger partial charge >= 0.3 is 0 Å². The molecule has 0 aliphatic heterocycles. The molecule has 0 amide bonds. The van der Waals surface area contributed by atoms with E-state index in [4.69, 9.17) is 4.43 Å². The van der Waals surface area contributed by atoms with Gasteiger partial charge in [0.25, 0.3) is 0 Å². The van der Waals surface area contributed by atoms with Gasteiger partial charge in [-0.25, -0.2) is 0 Å². The van der Waals surface area contributed by atoms with Crippen molar-refractivity contribution in [2.45, 2.75) is 117 Å². The molecule has 2 saturated carbocycles. The first-order valence-corrected chi connectivity index (χ1v) is 14.0. The summed E-state index contributed by atoms with van der Waals surface area (Å²) in [6, 6.07) is 0. The number of ketones is 1. The van der Waals surface area contributed by atoms with Crippen LogP contribution in [0.4, 0.5) is 0 Å². The Hall–Kier alpha value is -0.153. The fourth-order valence-corrected chi connectivity index (χ4v) is 7.05. The van der Waals surface area contributed by atoms with Crippen LogP contribution in [0.1, 0.15) is 92.9 Å². The zero-order valence-corrected chi connectivity index (χ0v) is 19.8. The zero-order chi connectivity index (χ0) is 19.8. The maximum atomic E-state index is 12.4. The van der Waals surface area contributed by atoms with Crippen LogP contribution in [0.3, 0.4) is 0 Å². The number of carbonyl (C=O) groups excluding carboxylic acids is 1. The van der Waals surface area contributed by atoms with Crippen molar-refractivity contribution in [2.24, 2.45) is 23.2 Å². The van der Waals surface area contributed by atoms with Crippen LogP contribution in [0.25, 0.3) is 0 Å². The van der Waals surface area contributed by atoms with Crippen LogP contribution in [0.15, 0.2) is 0 Å². The Labute approximate surface area is 164 Å². The van der Waals surface area contributed by atoms with Crippen molar-refractivity contribution >= 4 is 14.1 Å². The summed E-state index contributed by atoms with van der Waals surface area (Å²) in [7, 11) is -1.65. The molecular weight excluding hydrogens is 336 g/mol. The van der Waals surface area contributed by atoms with Crippen molar-refractivity contribution in [2.75, 3.05) is 0 Å². The van der Waals surface area contributed by atoms with Gasteiger partial charge in [0.05, 0.1) is 0 Å².